The first-order chi connectivity index (χ1) is 5.18. The van der Waals surface area contributed by atoms with Crippen LogP contribution in [0.4, 0.5) is 0 Å². The number of hydrogen-bond donors (Lipinski definition) is 0. The maximum Gasteiger partial charge on any atom is 1.00 e. The summed E-state index contributed by atoms with van der Waals surface area (Å²) in [4.78, 5) is 10.1. The molecule has 0 amide bonds. The van der Waals surface area contributed by atoms with Crippen molar-refractivity contribution >= 4 is 17.6 Å². The molecule has 2 nitrogen and oxygen atoms in total. The Morgan fingerprint density at radius 3 is 2.67 bits per heavy atom. The molecule has 0 aliphatic rings. The largest absolute Gasteiger partial charge is 1.00 e. The summed E-state index contributed by atoms with van der Waals surface area (Å²) < 4.78 is 0. The molecule has 0 aromatic carbocycles. The summed E-state index contributed by atoms with van der Waals surface area (Å²) in [5, 5.41) is 9.27. The fourth-order valence-electron chi connectivity index (χ4n) is 0.699. The number of rotatable bonds is 5. The summed E-state index contributed by atoms with van der Waals surface area (Å²) in [6.07, 6.45) is 6.08. The van der Waals surface area contributed by atoms with Crippen molar-refractivity contribution in [2.45, 2.75) is 31.6 Å². The second-order valence-electron chi connectivity index (χ2n) is 2.29. The van der Waals surface area contributed by atoms with E-state index in [2.05, 4.69) is 0 Å². The van der Waals surface area contributed by atoms with Crippen molar-refractivity contribution in [1.82, 2.24) is 0 Å². The topological polar surface area (TPSA) is 40.1 Å². The van der Waals surface area contributed by atoms with Crippen LogP contribution in [-0.4, -0.2) is 11.3 Å². The van der Waals surface area contributed by atoms with E-state index in [1.807, 2.05) is 19.1 Å². The van der Waals surface area contributed by atoms with Gasteiger partial charge in [-0.25, -0.2) is 0 Å². The molecule has 0 aliphatic carbocycles. The van der Waals surface area contributed by atoms with Gasteiger partial charge in [0.15, 0.2) is 0 Å². The third-order valence-corrected chi connectivity index (χ3v) is 1.72. The molecule has 0 saturated heterocycles. The molecule has 0 bridgehead atoms. The molecule has 0 fully saturated rings. The Morgan fingerprint density at radius 2 is 2.25 bits per heavy atom. The molecule has 0 aromatic heterocycles. The normalized spacial score (nSPS) is 12.5. The van der Waals surface area contributed by atoms with Gasteiger partial charge in [-0.05, 0) is 26.2 Å². The Labute approximate surface area is 100 Å². The molecular formula is C8H12ClNaO2. The summed E-state index contributed by atoms with van der Waals surface area (Å²) in [7, 11) is 0. The molecule has 12 heavy (non-hydrogen) atoms. The summed E-state index contributed by atoms with van der Waals surface area (Å²) in [5.74, 6) is -1.17. The minimum atomic E-state index is -1.17. The molecule has 0 aromatic rings. The van der Waals surface area contributed by atoms with Gasteiger partial charge in [0.2, 0.25) is 0 Å². The zero-order valence-corrected chi connectivity index (χ0v) is 10.3. The Kier molecular flexibility index (Phi) is 12.0. The van der Waals surface area contributed by atoms with Gasteiger partial charge in [-0.1, -0.05) is 12.2 Å². The van der Waals surface area contributed by atoms with E-state index in [1.54, 1.807) is 0 Å². The van der Waals surface area contributed by atoms with Gasteiger partial charge in [0.25, 0.3) is 0 Å². The van der Waals surface area contributed by atoms with E-state index in [0.717, 1.165) is 12.8 Å². The van der Waals surface area contributed by atoms with Crippen molar-refractivity contribution < 1.29 is 39.5 Å². The predicted octanol–water partition coefficient (Wildman–Crippen LogP) is -1.91. The van der Waals surface area contributed by atoms with Crippen LogP contribution in [-0.2, 0) is 4.79 Å². The Bertz CT molecular complexity index is 148. The molecular weight excluding hydrogens is 187 g/mol. The summed E-state index contributed by atoms with van der Waals surface area (Å²) in [6.45, 7) is 1.93. The third-order valence-electron chi connectivity index (χ3n) is 1.32. The maximum atomic E-state index is 10.1. The molecule has 1 atom stereocenters. The molecule has 0 spiro atoms. The van der Waals surface area contributed by atoms with Crippen LogP contribution in [0.25, 0.3) is 0 Å². The van der Waals surface area contributed by atoms with Gasteiger partial charge >= 0.3 is 29.6 Å². The van der Waals surface area contributed by atoms with E-state index < -0.39 is 11.3 Å². The summed E-state index contributed by atoms with van der Waals surface area (Å²) in [6, 6.07) is 0. The Balaban J connectivity index is 0. The van der Waals surface area contributed by atoms with Gasteiger partial charge in [0.1, 0.15) is 0 Å². The number of carboxylic acids is 1. The van der Waals surface area contributed by atoms with Gasteiger partial charge in [0.05, 0.1) is 11.3 Å². The maximum absolute atomic E-state index is 10.1. The zero-order valence-electron chi connectivity index (χ0n) is 7.55. The number of carbonyl (C=O) groups excluding carboxylic acids is 1. The van der Waals surface area contributed by atoms with E-state index in [4.69, 9.17) is 11.6 Å². The monoisotopic (exact) mass is 198 g/mol. The SMILES string of the molecule is C/C=C/CCCC(Cl)C(=O)[O-].[Na+]. The van der Waals surface area contributed by atoms with Crippen molar-refractivity contribution in [2.24, 2.45) is 0 Å². The average Bonchev–Trinajstić information content (AvgIpc) is 1.97. The van der Waals surface area contributed by atoms with E-state index in [9.17, 15) is 9.90 Å². The smallest absolute Gasteiger partial charge is 0.549 e. The minimum Gasteiger partial charge on any atom is -0.549 e. The molecule has 0 aliphatic heterocycles. The second kappa shape index (κ2) is 9.59. The number of unbranched alkanes of at least 4 members (excludes halogenated alkanes) is 1. The molecule has 0 N–H and O–H groups in total. The van der Waals surface area contributed by atoms with Crippen LogP contribution in [0.15, 0.2) is 12.2 Å². The number of carboxylic acid groups (broad SMARTS) is 1. The van der Waals surface area contributed by atoms with Crippen LogP contribution in [0.2, 0.25) is 0 Å². The number of alkyl halides is 1. The molecule has 1 unspecified atom stereocenters. The van der Waals surface area contributed by atoms with Gasteiger partial charge in [-0.15, -0.1) is 11.6 Å². The van der Waals surface area contributed by atoms with E-state index in [0.29, 0.717) is 6.42 Å². The zero-order chi connectivity index (χ0) is 8.69. The fraction of sp³-hybridized carbons (Fsp3) is 0.625. The van der Waals surface area contributed by atoms with Gasteiger partial charge in [-0.2, -0.15) is 0 Å². The van der Waals surface area contributed by atoms with E-state index in [-0.39, 0.29) is 29.6 Å². The third kappa shape index (κ3) is 8.60. The van der Waals surface area contributed by atoms with Crippen molar-refractivity contribution in [3.05, 3.63) is 12.2 Å². The first-order valence-electron chi connectivity index (χ1n) is 3.64. The van der Waals surface area contributed by atoms with E-state index in [1.165, 1.54) is 0 Å². The summed E-state index contributed by atoms with van der Waals surface area (Å²) in [5.41, 5.74) is 0. The number of hydrogen-bond acceptors (Lipinski definition) is 2. The molecule has 0 heterocycles. The molecule has 64 valence electrons. The van der Waals surface area contributed by atoms with Crippen LogP contribution in [0, 0.1) is 0 Å². The van der Waals surface area contributed by atoms with Crippen molar-refractivity contribution in [3.63, 3.8) is 0 Å². The van der Waals surface area contributed by atoms with Crippen LogP contribution in [0.1, 0.15) is 26.2 Å². The van der Waals surface area contributed by atoms with Crippen molar-refractivity contribution in [2.75, 3.05) is 0 Å². The molecule has 0 radical (unpaired) electrons. The average molecular weight is 199 g/mol. The van der Waals surface area contributed by atoms with Crippen LogP contribution >= 0.6 is 11.6 Å². The van der Waals surface area contributed by atoms with Gasteiger partial charge in [0, 0.05) is 0 Å². The first-order valence-corrected chi connectivity index (χ1v) is 4.08. The fourth-order valence-corrected chi connectivity index (χ4v) is 0.854. The number of halogens is 1. The quantitative estimate of drug-likeness (QED) is 0.224. The van der Waals surface area contributed by atoms with Crippen LogP contribution in [0.5, 0.6) is 0 Å². The minimum absolute atomic E-state index is 0. The Hall–Kier alpha value is 0.500. The molecule has 4 heteroatoms. The predicted molar refractivity (Wildman–Crippen MR) is 43.3 cm³/mol. The summed E-state index contributed by atoms with van der Waals surface area (Å²) >= 11 is 5.41. The number of allylic oxidation sites excluding steroid dienone is 2. The van der Waals surface area contributed by atoms with E-state index >= 15 is 0 Å². The van der Waals surface area contributed by atoms with Crippen molar-refractivity contribution in [1.29, 1.82) is 0 Å². The van der Waals surface area contributed by atoms with Crippen molar-refractivity contribution in [3.8, 4) is 0 Å². The standard InChI is InChI=1S/C8H13ClO2.Na/c1-2-3-4-5-6-7(9)8(10)11;/h2-3,7H,4-6H2,1H3,(H,10,11);/q;+1/p-1/b3-2+;. The first kappa shape index (κ1) is 15.0. The van der Waals surface area contributed by atoms with Crippen LogP contribution < -0.4 is 34.7 Å². The molecule has 0 saturated carbocycles. The van der Waals surface area contributed by atoms with Gasteiger partial charge < -0.3 is 9.90 Å². The number of aliphatic carboxylic acids is 1. The van der Waals surface area contributed by atoms with Crippen LogP contribution in [0.3, 0.4) is 0 Å². The Morgan fingerprint density at radius 1 is 1.67 bits per heavy atom. The number of carbonyl (C=O) groups is 1. The molecule has 0 rings (SSSR count). The second-order valence-corrected chi connectivity index (χ2v) is 2.81. The van der Waals surface area contributed by atoms with Gasteiger partial charge in [-0.3, -0.25) is 0 Å².